The lowest BCUT2D eigenvalue weighted by Crippen LogP contribution is -2.22. The van der Waals surface area contributed by atoms with E-state index in [0.717, 1.165) is 5.56 Å². The summed E-state index contributed by atoms with van der Waals surface area (Å²) in [6.45, 7) is 4.67. The summed E-state index contributed by atoms with van der Waals surface area (Å²) in [7, 11) is 1.50. The zero-order chi connectivity index (χ0) is 16.4. The van der Waals surface area contributed by atoms with E-state index in [9.17, 15) is 9.90 Å². The molecule has 0 heterocycles. The van der Waals surface area contributed by atoms with Gasteiger partial charge in [-0.2, -0.15) is 0 Å². The number of carbonyl (C=O) groups excluding carboxylic acids is 1. The molecule has 1 aromatic carbocycles. The van der Waals surface area contributed by atoms with Gasteiger partial charge >= 0.3 is 0 Å². The number of aromatic hydroxyl groups is 1. The summed E-state index contributed by atoms with van der Waals surface area (Å²) >= 11 is 0. The van der Waals surface area contributed by atoms with Crippen molar-refractivity contribution in [3.05, 3.63) is 48.1 Å². The van der Waals surface area contributed by atoms with Crippen LogP contribution in [0.5, 0.6) is 11.5 Å². The average Bonchev–Trinajstić information content (AvgIpc) is 2.49. The summed E-state index contributed by atoms with van der Waals surface area (Å²) in [5.41, 5.74) is 0.887. The number of hydrogen-bond acceptors (Lipinski definition) is 3. The number of hydrogen-bond donors (Lipinski definition) is 2. The highest BCUT2D eigenvalue weighted by molar-refractivity contribution is 5.76. The first-order valence-corrected chi connectivity index (χ1v) is 7.49. The van der Waals surface area contributed by atoms with Gasteiger partial charge in [0.15, 0.2) is 11.5 Å². The number of phenolic OH excluding ortho intramolecular Hbond substituents is 1. The number of amides is 1. The van der Waals surface area contributed by atoms with Gasteiger partial charge in [-0.1, -0.05) is 44.2 Å². The summed E-state index contributed by atoms with van der Waals surface area (Å²) in [5.74, 6) is 1.04. The van der Waals surface area contributed by atoms with Gasteiger partial charge in [0.25, 0.3) is 0 Å². The van der Waals surface area contributed by atoms with Crippen LogP contribution in [0.15, 0.2) is 42.5 Å². The lowest BCUT2D eigenvalue weighted by Gasteiger charge is -2.08. The van der Waals surface area contributed by atoms with Crippen molar-refractivity contribution in [3.63, 3.8) is 0 Å². The van der Waals surface area contributed by atoms with Crippen molar-refractivity contribution in [2.24, 2.45) is 5.92 Å². The third-order valence-corrected chi connectivity index (χ3v) is 3.02. The first-order valence-electron chi connectivity index (χ1n) is 7.49. The molecule has 1 aromatic rings. The Kier molecular flexibility index (Phi) is 7.83. The normalized spacial score (nSPS) is 11.5. The maximum Gasteiger partial charge on any atom is 0.220 e. The molecule has 4 heteroatoms. The second-order valence-electron chi connectivity index (χ2n) is 5.38. The smallest absolute Gasteiger partial charge is 0.220 e. The van der Waals surface area contributed by atoms with Crippen LogP contribution in [0.3, 0.4) is 0 Å². The molecule has 0 spiro atoms. The molecule has 2 N–H and O–H groups in total. The van der Waals surface area contributed by atoms with Crippen molar-refractivity contribution in [1.82, 2.24) is 5.32 Å². The van der Waals surface area contributed by atoms with Crippen molar-refractivity contribution >= 4 is 5.91 Å². The molecular weight excluding hydrogens is 278 g/mol. The monoisotopic (exact) mass is 303 g/mol. The van der Waals surface area contributed by atoms with E-state index in [4.69, 9.17) is 4.74 Å². The molecule has 0 aliphatic rings. The number of nitrogens with one attached hydrogen (secondary N) is 1. The molecule has 4 nitrogen and oxygen atoms in total. The second-order valence-corrected chi connectivity index (χ2v) is 5.38. The fourth-order valence-electron chi connectivity index (χ4n) is 1.80. The molecule has 0 bridgehead atoms. The highest BCUT2D eigenvalue weighted by atomic mass is 16.5. The van der Waals surface area contributed by atoms with Crippen LogP contribution in [0.2, 0.25) is 0 Å². The van der Waals surface area contributed by atoms with E-state index in [-0.39, 0.29) is 11.7 Å². The van der Waals surface area contributed by atoms with Gasteiger partial charge in [0.05, 0.1) is 7.11 Å². The van der Waals surface area contributed by atoms with Crippen LogP contribution < -0.4 is 10.1 Å². The number of methoxy groups -OCH3 is 1. The Balaban J connectivity index is 2.31. The molecule has 1 rings (SSSR count). The van der Waals surface area contributed by atoms with E-state index in [1.165, 1.54) is 7.11 Å². The molecule has 1 amide bonds. The Morgan fingerprint density at radius 1 is 1.36 bits per heavy atom. The Morgan fingerprint density at radius 2 is 2.14 bits per heavy atom. The zero-order valence-corrected chi connectivity index (χ0v) is 13.5. The van der Waals surface area contributed by atoms with Crippen molar-refractivity contribution in [1.29, 1.82) is 0 Å². The molecule has 120 valence electrons. The lowest BCUT2D eigenvalue weighted by atomic mass is 10.2. The van der Waals surface area contributed by atoms with Crippen LogP contribution in [0.4, 0.5) is 0 Å². The number of benzene rings is 1. The van der Waals surface area contributed by atoms with Gasteiger partial charge in [0.1, 0.15) is 0 Å². The first kappa shape index (κ1) is 17.8. The fourth-order valence-corrected chi connectivity index (χ4v) is 1.80. The maximum absolute atomic E-state index is 11.7. The van der Waals surface area contributed by atoms with Gasteiger partial charge in [0.2, 0.25) is 5.91 Å². The van der Waals surface area contributed by atoms with Crippen molar-refractivity contribution < 1.29 is 14.6 Å². The average molecular weight is 303 g/mol. The van der Waals surface area contributed by atoms with Crippen LogP contribution >= 0.6 is 0 Å². The highest BCUT2D eigenvalue weighted by Gasteiger charge is 2.04. The lowest BCUT2D eigenvalue weighted by molar-refractivity contribution is -0.121. The van der Waals surface area contributed by atoms with Crippen LogP contribution in [0, 0.1) is 5.92 Å². The molecule has 0 aliphatic heterocycles. The van der Waals surface area contributed by atoms with E-state index in [2.05, 4.69) is 25.2 Å². The SMILES string of the molecule is COc1cc(CNC(=O)CC/C=C/C=C/C(C)C)ccc1O. The number of ether oxygens (including phenoxy) is 1. The Labute approximate surface area is 132 Å². The van der Waals surface area contributed by atoms with Crippen LogP contribution in [-0.2, 0) is 11.3 Å². The molecule has 0 aliphatic carbocycles. The van der Waals surface area contributed by atoms with E-state index < -0.39 is 0 Å². The minimum absolute atomic E-state index is 0.00420. The number of carbonyl (C=O) groups is 1. The molecule has 22 heavy (non-hydrogen) atoms. The third-order valence-electron chi connectivity index (χ3n) is 3.02. The molecular formula is C18H25NO3. The summed E-state index contributed by atoms with van der Waals surface area (Å²) in [6.07, 6.45) is 9.24. The van der Waals surface area contributed by atoms with Gasteiger partial charge in [0, 0.05) is 13.0 Å². The van der Waals surface area contributed by atoms with Gasteiger partial charge in [-0.3, -0.25) is 4.79 Å². The predicted octanol–water partition coefficient (Wildman–Crippen LogP) is 3.57. The minimum Gasteiger partial charge on any atom is -0.504 e. The summed E-state index contributed by atoms with van der Waals surface area (Å²) in [5, 5.41) is 12.4. The number of rotatable bonds is 8. The largest absolute Gasteiger partial charge is 0.504 e. The van der Waals surface area contributed by atoms with Crippen LogP contribution in [0.1, 0.15) is 32.3 Å². The van der Waals surface area contributed by atoms with E-state index in [0.29, 0.717) is 31.1 Å². The van der Waals surface area contributed by atoms with E-state index in [1.807, 2.05) is 18.2 Å². The Hall–Kier alpha value is -2.23. The van der Waals surface area contributed by atoms with E-state index >= 15 is 0 Å². The molecule has 0 saturated heterocycles. The summed E-state index contributed by atoms with van der Waals surface area (Å²) < 4.78 is 5.03. The van der Waals surface area contributed by atoms with Gasteiger partial charge in [-0.05, 0) is 30.0 Å². The fraction of sp³-hybridized carbons (Fsp3) is 0.389. The van der Waals surface area contributed by atoms with Crippen molar-refractivity contribution in [2.75, 3.05) is 7.11 Å². The number of allylic oxidation sites excluding steroid dienone is 4. The van der Waals surface area contributed by atoms with Crippen LogP contribution in [-0.4, -0.2) is 18.1 Å². The predicted molar refractivity (Wildman–Crippen MR) is 88.9 cm³/mol. The number of phenols is 1. The van der Waals surface area contributed by atoms with Gasteiger partial charge in [-0.25, -0.2) is 0 Å². The molecule has 0 aromatic heterocycles. The van der Waals surface area contributed by atoms with Crippen molar-refractivity contribution in [2.45, 2.75) is 33.2 Å². The van der Waals surface area contributed by atoms with Crippen molar-refractivity contribution in [3.8, 4) is 11.5 Å². The standard InChI is InChI=1S/C18H25NO3/c1-14(2)8-6-4-5-7-9-18(21)19-13-15-10-11-16(20)17(12-15)22-3/h4-6,8,10-12,14,20H,7,9,13H2,1-3H3,(H,19,21)/b5-4+,8-6+. The molecule has 0 fully saturated rings. The zero-order valence-electron chi connectivity index (χ0n) is 13.5. The molecule has 0 radical (unpaired) electrons. The molecule has 0 saturated carbocycles. The Bertz CT molecular complexity index is 533. The quantitative estimate of drug-likeness (QED) is 0.722. The van der Waals surface area contributed by atoms with E-state index in [1.54, 1.807) is 18.2 Å². The first-order chi connectivity index (χ1) is 10.5. The minimum atomic E-state index is 0.00420. The summed E-state index contributed by atoms with van der Waals surface area (Å²) in [6, 6.07) is 5.03. The molecule has 0 atom stereocenters. The maximum atomic E-state index is 11.7. The van der Waals surface area contributed by atoms with Gasteiger partial charge < -0.3 is 15.2 Å². The topological polar surface area (TPSA) is 58.6 Å². The molecule has 0 unspecified atom stereocenters. The summed E-state index contributed by atoms with van der Waals surface area (Å²) in [4.78, 5) is 11.7. The van der Waals surface area contributed by atoms with Gasteiger partial charge in [-0.15, -0.1) is 0 Å². The highest BCUT2D eigenvalue weighted by Crippen LogP contribution is 2.26. The Morgan fingerprint density at radius 3 is 2.82 bits per heavy atom. The van der Waals surface area contributed by atoms with Crippen LogP contribution in [0.25, 0.3) is 0 Å². The third kappa shape index (κ3) is 6.97. The second kappa shape index (κ2) is 9.66.